The van der Waals surface area contributed by atoms with Crippen molar-refractivity contribution in [2.45, 2.75) is 63.8 Å². The van der Waals surface area contributed by atoms with Gasteiger partial charge in [0.05, 0.1) is 16.5 Å². The van der Waals surface area contributed by atoms with Crippen LogP contribution in [-0.2, 0) is 10.3 Å². The molecule has 1 aliphatic heterocycles. The Bertz CT molecular complexity index is 1530. The molecule has 1 amide bonds. The minimum atomic E-state index is -0.348. The van der Waals surface area contributed by atoms with Crippen LogP contribution in [0.3, 0.4) is 0 Å². The highest BCUT2D eigenvalue weighted by atomic mass is 79.9. The maximum atomic E-state index is 12.2. The van der Waals surface area contributed by atoms with E-state index in [-0.39, 0.29) is 23.5 Å². The van der Waals surface area contributed by atoms with Crippen molar-refractivity contribution in [1.82, 2.24) is 39.8 Å². The number of halogens is 1. The summed E-state index contributed by atoms with van der Waals surface area (Å²) in [5, 5.41) is 10.6. The number of hydrogen-bond donors (Lipinski definition) is 1. The predicted molar refractivity (Wildman–Crippen MR) is 152 cm³/mol. The molecule has 0 radical (unpaired) electrons. The zero-order valence-corrected chi connectivity index (χ0v) is 24.4. The van der Waals surface area contributed by atoms with Gasteiger partial charge in [-0.05, 0) is 57.9 Å². The number of ether oxygens (including phenoxy) is 1. The van der Waals surface area contributed by atoms with Crippen LogP contribution < -0.4 is 5.73 Å². The lowest BCUT2D eigenvalue weighted by molar-refractivity contribution is 0.0980. The van der Waals surface area contributed by atoms with Crippen LogP contribution in [0.1, 0.15) is 69.6 Å². The van der Waals surface area contributed by atoms with Crippen molar-refractivity contribution < 1.29 is 14.1 Å². The third-order valence-corrected chi connectivity index (χ3v) is 7.77. The third kappa shape index (κ3) is 4.91. The number of rotatable bonds is 6. The van der Waals surface area contributed by atoms with E-state index in [1.807, 2.05) is 17.1 Å². The molecule has 2 aliphatic rings. The number of carbonyl (C=O) groups is 1. The highest BCUT2D eigenvalue weighted by Crippen LogP contribution is 2.48. The number of carbonyl (C=O) groups excluding carboxylic acids is 1. The number of nitrogens with two attached hydrogens (primary N) is 1. The first-order valence-electron chi connectivity index (χ1n) is 13.6. The average Bonchev–Trinajstić information content (AvgIpc) is 3.57. The zero-order chi connectivity index (χ0) is 28.0. The lowest BCUT2D eigenvalue weighted by Gasteiger charge is -2.31. The number of nitrogens with zero attached hydrogens (tertiary/aromatic N) is 8. The van der Waals surface area contributed by atoms with Gasteiger partial charge in [-0.3, -0.25) is 0 Å². The van der Waals surface area contributed by atoms with E-state index < -0.39 is 0 Å². The van der Waals surface area contributed by atoms with E-state index in [0.29, 0.717) is 59.1 Å². The van der Waals surface area contributed by atoms with Gasteiger partial charge in [0.25, 0.3) is 0 Å². The van der Waals surface area contributed by atoms with E-state index in [9.17, 15) is 4.79 Å². The van der Waals surface area contributed by atoms with Crippen molar-refractivity contribution in [2.75, 3.05) is 30.8 Å². The van der Waals surface area contributed by atoms with Crippen molar-refractivity contribution in [3.05, 3.63) is 30.0 Å². The molecule has 2 N–H and O–H groups in total. The number of nitrogen functional groups attached to an aromatic ring is 1. The fraction of sp³-hybridized carbons (Fsp3) is 0.519. The topological polar surface area (TPSA) is 151 Å². The van der Waals surface area contributed by atoms with Gasteiger partial charge in [-0.2, -0.15) is 5.10 Å². The lowest BCUT2D eigenvalue weighted by Crippen LogP contribution is -2.38. The van der Waals surface area contributed by atoms with Crippen LogP contribution in [0.15, 0.2) is 23.2 Å². The number of piperidine rings is 1. The molecular weight excluding hydrogens is 578 g/mol. The Morgan fingerprint density at radius 2 is 1.80 bits per heavy atom. The first-order chi connectivity index (χ1) is 19.3. The molecule has 5 heterocycles. The van der Waals surface area contributed by atoms with Crippen molar-refractivity contribution in [1.29, 1.82) is 0 Å². The highest BCUT2D eigenvalue weighted by Gasteiger charge is 2.36. The SMILES string of the molecule is CC(C)(C)n1nc(-c2noc(C3CC3)c2-c2ncc(C3CCN(C(=O)OCCBr)CC3)cn2)c2c(N)ncnc21. The Morgan fingerprint density at radius 1 is 1.07 bits per heavy atom. The molecule has 4 aromatic heterocycles. The molecule has 13 heteroatoms. The number of fused-ring (bicyclic) bond motifs is 1. The van der Waals surface area contributed by atoms with E-state index in [2.05, 4.69) is 51.8 Å². The molecule has 0 aromatic carbocycles. The van der Waals surface area contributed by atoms with Crippen LogP contribution in [0.4, 0.5) is 10.6 Å². The molecule has 12 nitrogen and oxygen atoms in total. The van der Waals surface area contributed by atoms with Gasteiger partial charge in [-0.15, -0.1) is 0 Å². The van der Waals surface area contributed by atoms with E-state index in [4.69, 9.17) is 30.1 Å². The molecule has 0 bridgehead atoms. The van der Waals surface area contributed by atoms with Crippen LogP contribution in [0.5, 0.6) is 0 Å². The lowest BCUT2D eigenvalue weighted by atomic mass is 9.91. The first-order valence-corrected chi connectivity index (χ1v) is 14.7. The minimum Gasteiger partial charge on any atom is -0.449 e. The molecule has 0 spiro atoms. The third-order valence-electron chi connectivity index (χ3n) is 7.44. The Hall–Kier alpha value is -3.61. The minimum absolute atomic E-state index is 0.260. The summed E-state index contributed by atoms with van der Waals surface area (Å²) in [6.07, 6.45) is 8.65. The van der Waals surface area contributed by atoms with E-state index in [1.54, 1.807) is 4.90 Å². The van der Waals surface area contributed by atoms with Crippen LogP contribution in [0.25, 0.3) is 33.8 Å². The molecule has 1 saturated carbocycles. The van der Waals surface area contributed by atoms with Gasteiger partial charge < -0.3 is 19.9 Å². The van der Waals surface area contributed by atoms with Gasteiger partial charge in [0.1, 0.15) is 30.1 Å². The summed E-state index contributed by atoms with van der Waals surface area (Å²) in [7, 11) is 0. The molecule has 0 unspecified atom stereocenters. The van der Waals surface area contributed by atoms with Gasteiger partial charge in [0, 0.05) is 36.7 Å². The second-order valence-corrected chi connectivity index (χ2v) is 12.1. The molecule has 2 fully saturated rings. The largest absolute Gasteiger partial charge is 0.449 e. The van der Waals surface area contributed by atoms with Crippen LogP contribution in [-0.4, -0.2) is 70.9 Å². The van der Waals surface area contributed by atoms with Gasteiger partial charge in [-0.25, -0.2) is 29.4 Å². The molecule has 1 aliphatic carbocycles. The summed E-state index contributed by atoms with van der Waals surface area (Å²) >= 11 is 3.28. The van der Waals surface area contributed by atoms with Gasteiger partial charge in [-0.1, -0.05) is 21.1 Å². The van der Waals surface area contributed by atoms with Crippen LogP contribution >= 0.6 is 15.9 Å². The van der Waals surface area contributed by atoms with Gasteiger partial charge in [0.15, 0.2) is 17.2 Å². The average molecular weight is 611 g/mol. The quantitative estimate of drug-likeness (QED) is 0.300. The maximum Gasteiger partial charge on any atom is 0.409 e. The standard InChI is InChI=1S/C27H32BrN9O3/c1-27(2,3)37-25-19(23(29)32-14-33-25)20(34-37)21-18(22(40-35-21)16-4-5-16)24-30-12-17(13-31-24)15-6-9-36(10-7-15)26(38)39-11-8-28/h12-16H,4-11H2,1-3H3,(H2,29,32,33). The number of hydrogen-bond acceptors (Lipinski definition) is 10. The summed E-state index contributed by atoms with van der Waals surface area (Å²) in [6.45, 7) is 7.82. The number of amides is 1. The van der Waals surface area contributed by atoms with Crippen molar-refractivity contribution in [2.24, 2.45) is 0 Å². The smallest absolute Gasteiger partial charge is 0.409 e. The molecule has 40 heavy (non-hydrogen) atoms. The summed E-state index contributed by atoms with van der Waals surface area (Å²) in [6, 6.07) is 0. The molecular formula is C27H32BrN9O3. The summed E-state index contributed by atoms with van der Waals surface area (Å²) in [5.74, 6) is 2.18. The maximum absolute atomic E-state index is 12.2. The number of anilines is 1. The Balaban J connectivity index is 1.32. The fourth-order valence-electron chi connectivity index (χ4n) is 5.20. The number of alkyl halides is 1. The van der Waals surface area contributed by atoms with Crippen molar-refractivity contribution >= 4 is 38.9 Å². The Kier molecular flexibility index (Phi) is 6.93. The molecule has 6 rings (SSSR count). The number of likely N-dealkylation sites (tertiary alicyclic amines) is 1. The molecule has 210 valence electrons. The predicted octanol–water partition coefficient (Wildman–Crippen LogP) is 4.86. The van der Waals surface area contributed by atoms with Crippen LogP contribution in [0.2, 0.25) is 0 Å². The molecule has 0 atom stereocenters. The normalized spacial score (nSPS) is 16.6. The monoisotopic (exact) mass is 609 g/mol. The second-order valence-electron chi connectivity index (χ2n) is 11.3. The molecule has 4 aromatic rings. The summed E-state index contributed by atoms with van der Waals surface area (Å²) in [4.78, 5) is 32.3. The highest BCUT2D eigenvalue weighted by molar-refractivity contribution is 9.09. The van der Waals surface area contributed by atoms with E-state index in [1.165, 1.54) is 6.33 Å². The van der Waals surface area contributed by atoms with Crippen LogP contribution in [0, 0.1) is 0 Å². The molecule has 1 saturated heterocycles. The van der Waals surface area contributed by atoms with Gasteiger partial charge >= 0.3 is 6.09 Å². The number of aromatic nitrogens is 7. The zero-order valence-electron chi connectivity index (χ0n) is 22.8. The van der Waals surface area contributed by atoms with Crippen molar-refractivity contribution in [3.8, 4) is 22.8 Å². The summed E-state index contributed by atoms with van der Waals surface area (Å²) < 4.78 is 13.0. The van der Waals surface area contributed by atoms with E-state index >= 15 is 0 Å². The van der Waals surface area contributed by atoms with Gasteiger partial charge in [0.2, 0.25) is 0 Å². The Morgan fingerprint density at radius 3 is 2.45 bits per heavy atom. The summed E-state index contributed by atoms with van der Waals surface area (Å²) in [5.41, 5.74) is 9.51. The van der Waals surface area contributed by atoms with Crippen molar-refractivity contribution in [3.63, 3.8) is 0 Å². The van der Waals surface area contributed by atoms with E-state index in [0.717, 1.165) is 42.6 Å². The Labute approximate surface area is 239 Å². The fourth-order valence-corrected chi connectivity index (χ4v) is 5.37. The first kappa shape index (κ1) is 26.6. The second kappa shape index (κ2) is 10.4.